The van der Waals surface area contributed by atoms with Crippen LogP contribution in [0.25, 0.3) is 22.0 Å². The molecule has 3 aromatic rings. The van der Waals surface area contributed by atoms with Crippen molar-refractivity contribution < 1.29 is 4.74 Å². The van der Waals surface area contributed by atoms with Crippen molar-refractivity contribution in [2.75, 3.05) is 7.11 Å². The molecule has 1 heterocycles. The highest BCUT2D eigenvalue weighted by atomic mass is 79.9. The van der Waals surface area contributed by atoms with E-state index in [0.29, 0.717) is 0 Å². The summed E-state index contributed by atoms with van der Waals surface area (Å²) in [6.45, 7) is 0. The maximum Gasteiger partial charge on any atom is 0.159 e. The number of pyridine rings is 1. The van der Waals surface area contributed by atoms with Crippen molar-refractivity contribution >= 4 is 42.8 Å². The molecule has 0 saturated heterocycles. The molecular formula is C16H11Br2NO. The van der Waals surface area contributed by atoms with E-state index >= 15 is 0 Å². The molecule has 0 N–H and O–H groups in total. The van der Waals surface area contributed by atoms with Crippen LogP contribution >= 0.6 is 31.9 Å². The molecule has 3 rings (SSSR count). The molecule has 0 spiro atoms. The minimum absolute atomic E-state index is 0.753. The smallest absolute Gasteiger partial charge is 0.159 e. The topological polar surface area (TPSA) is 22.1 Å². The molecule has 0 amide bonds. The molecule has 20 heavy (non-hydrogen) atoms. The standard InChI is InChI=1S/C16H11Br2NO/c1-20-16-14(18)8-13(17)12-7-11(9-19-15(12)16)10-5-3-2-4-6-10/h2-9H,1H3. The number of aromatic nitrogens is 1. The SMILES string of the molecule is COc1c(Br)cc(Br)c2cc(-c3ccccc3)cnc12. The van der Waals surface area contributed by atoms with Gasteiger partial charge < -0.3 is 4.74 Å². The first-order chi connectivity index (χ1) is 9.70. The molecule has 0 atom stereocenters. The Hall–Kier alpha value is -1.39. The Kier molecular flexibility index (Phi) is 3.76. The van der Waals surface area contributed by atoms with Crippen LogP contribution in [-0.4, -0.2) is 12.1 Å². The molecule has 0 fully saturated rings. The molecule has 2 nitrogen and oxygen atoms in total. The quantitative estimate of drug-likeness (QED) is 0.579. The lowest BCUT2D eigenvalue weighted by Gasteiger charge is -2.10. The van der Waals surface area contributed by atoms with Crippen LogP contribution in [0.2, 0.25) is 0 Å². The average Bonchev–Trinajstić information content (AvgIpc) is 2.48. The summed E-state index contributed by atoms with van der Waals surface area (Å²) in [6, 6.07) is 14.3. The van der Waals surface area contributed by atoms with Crippen molar-refractivity contribution in [3.63, 3.8) is 0 Å². The van der Waals surface area contributed by atoms with E-state index in [1.54, 1.807) is 7.11 Å². The molecule has 0 unspecified atom stereocenters. The minimum Gasteiger partial charge on any atom is -0.493 e. The van der Waals surface area contributed by atoms with Gasteiger partial charge in [-0.05, 0) is 33.6 Å². The van der Waals surface area contributed by atoms with E-state index in [9.17, 15) is 0 Å². The Labute approximate surface area is 134 Å². The molecular weight excluding hydrogens is 382 g/mol. The second-order valence-electron chi connectivity index (χ2n) is 4.36. The van der Waals surface area contributed by atoms with Crippen LogP contribution in [0, 0.1) is 0 Å². The Morgan fingerprint density at radius 3 is 2.40 bits per heavy atom. The van der Waals surface area contributed by atoms with Crippen LogP contribution in [0.15, 0.2) is 57.6 Å². The lowest BCUT2D eigenvalue weighted by molar-refractivity contribution is 0.416. The van der Waals surface area contributed by atoms with Gasteiger partial charge in [0.15, 0.2) is 5.75 Å². The predicted octanol–water partition coefficient (Wildman–Crippen LogP) is 5.44. The van der Waals surface area contributed by atoms with Gasteiger partial charge in [-0.25, -0.2) is 0 Å². The summed E-state index contributed by atoms with van der Waals surface area (Å²) < 4.78 is 7.31. The van der Waals surface area contributed by atoms with Crippen LogP contribution in [-0.2, 0) is 0 Å². The molecule has 0 radical (unpaired) electrons. The molecule has 0 saturated carbocycles. The molecule has 100 valence electrons. The van der Waals surface area contributed by atoms with E-state index in [2.05, 4.69) is 55.0 Å². The second-order valence-corrected chi connectivity index (χ2v) is 6.07. The summed E-state index contributed by atoms with van der Waals surface area (Å²) in [7, 11) is 1.65. The fourth-order valence-corrected chi connectivity index (χ4v) is 3.60. The number of benzene rings is 2. The Morgan fingerprint density at radius 2 is 1.70 bits per heavy atom. The molecule has 4 heteroatoms. The van der Waals surface area contributed by atoms with Gasteiger partial charge in [-0.15, -0.1) is 0 Å². The van der Waals surface area contributed by atoms with E-state index < -0.39 is 0 Å². The summed E-state index contributed by atoms with van der Waals surface area (Å²) >= 11 is 7.09. The van der Waals surface area contributed by atoms with Crippen molar-refractivity contribution in [3.8, 4) is 16.9 Å². The number of rotatable bonds is 2. The number of fused-ring (bicyclic) bond motifs is 1. The number of ether oxygens (including phenoxy) is 1. The molecule has 1 aromatic heterocycles. The number of nitrogens with zero attached hydrogens (tertiary/aromatic N) is 1. The monoisotopic (exact) mass is 391 g/mol. The van der Waals surface area contributed by atoms with Crippen LogP contribution in [0.1, 0.15) is 0 Å². The fraction of sp³-hybridized carbons (Fsp3) is 0.0625. The third kappa shape index (κ3) is 2.34. The van der Waals surface area contributed by atoms with Gasteiger partial charge in [-0.1, -0.05) is 46.3 Å². The third-order valence-corrected chi connectivity index (χ3v) is 4.39. The number of hydrogen-bond acceptors (Lipinski definition) is 2. The lowest BCUT2D eigenvalue weighted by atomic mass is 10.1. The average molecular weight is 393 g/mol. The molecule has 0 aliphatic rings. The first kappa shape index (κ1) is 13.6. The van der Waals surface area contributed by atoms with Crippen LogP contribution in [0.3, 0.4) is 0 Å². The van der Waals surface area contributed by atoms with E-state index in [1.165, 1.54) is 0 Å². The van der Waals surface area contributed by atoms with E-state index in [4.69, 9.17) is 4.74 Å². The normalized spacial score (nSPS) is 10.8. The van der Waals surface area contributed by atoms with Crippen molar-refractivity contribution in [1.82, 2.24) is 4.98 Å². The minimum atomic E-state index is 0.753. The van der Waals surface area contributed by atoms with Gasteiger partial charge in [0.1, 0.15) is 5.52 Å². The molecule has 0 bridgehead atoms. The molecule has 2 aromatic carbocycles. The van der Waals surface area contributed by atoms with Gasteiger partial charge in [0.05, 0.1) is 11.6 Å². The summed E-state index contributed by atoms with van der Waals surface area (Å²) in [4.78, 5) is 4.56. The van der Waals surface area contributed by atoms with Gasteiger partial charge in [-0.3, -0.25) is 4.98 Å². The highest BCUT2D eigenvalue weighted by Crippen LogP contribution is 2.38. The third-order valence-electron chi connectivity index (χ3n) is 3.14. The van der Waals surface area contributed by atoms with Crippen LogP contribution in [0.4, 0.5) is 0 Å². The van der Waals surface area contributed by atoms with Gasteiger partial charge in [-0.2, -0.15) is 0 Å². The van der Waals surface area contributed by atoms with Crippen LogP contribution in [0.5, 0.6) is 5.75 Å². The Balaban J connectivity index is 2.27. The Morgan fingerprint density at radius 1 is 0.950 bits per heavy atom. The van der Waals surface area contributed by atoms with E-state index in [1.807, 2.05) is 30.5 Å². The summed E-state index contributed by atoms with van der Waals surface area (Å²) in [6.07, 6.45) is 1.87. The second kappa shape index (κ2) is 5.54. The lowest BCUT2D eigenvalue weighted by Crippen LogP contribution is -1.91. The van der Waals surface area contributed by atoms with Crippen molar-refractivity contribution in [2.45, 2.75) is 0 Å². The van der Waals surface area contributed by atoms with Gasteiger partial charge in [0.2, 0.25) is 0 Å². The van der Waals surface area contributed by atoms with Gasteiger partial charge in [0, 0.05) is 21.6 Å². The number of methoxy groups -OCH3 is 1. The first-order valence-corrected chi connectivity index (χ1v) is 7.66. The zero-order valence-electron chi connectivity index (χ0n) is 10.7. The maximum absolute atomic E-state index is 5.43. The highest BCUT2D eigenvalue weighted by molar-refractivity contribution is 9.11. The summed E-state index contributed by atoms with van der Waals surface area (Å²) in [5.74, 6) is 0.753. The fourth-order valence-electron chi connectivity index (χ4n) is 2.18. The zero-order chi connectivity index (χ0) is 14.1. The highest BCUT2D eigenvalue weighted by Gasteiger charge is 2.12. The number of halogens is 2. The maximum atomic E-state index is 5.43. The van der Waals surface area contributed by atoms with Gasteiger partial charge in [0.25, 0.3) is 0 Å². The van der Waals surface area contributed by atoms with Crippen molar-refractivity contribution in [1.29, 1.82) is 0 Å². The van der Waals surface area contributed by atoms with Gasteiger partial charge >= 0.3 is 0 Å². The largest absolute Gasteiger partial charge is 0.493 e. The van der Waals surface area contributed by atoms with Crippen molar-refractivity contribution in [2.24, 2.45) is 0 Å². The molecule has 0 aliphatic heterocycles. The summed E-state index contributed by atoms with van der Waals surface area (Å²) in [5, 5.41) is 1.03. The zero-order valence-corrected chi connectivity index (χ0v) is 13.9. The number of hydrogen-bond donors (Lipinski definition) is 0. The van der Waals surface area contributed by atoms with E-state index in [0.717, 1.165) is 36.7 Å². The van der Waals surface area contributed by atoms with Crippen molar-refractivity contribution in [3.05, 3.63) is 57.6 Å². The van der Waals surface area contributed by atoms with E-state index in [-0.39, 0.29) is 0 Å². The summed E-state index contributed by atoms with van der Waals surface area (Å²) in [5.41, 5.74) is 3.08. The van der Waals surface area contributed by atoms with Crippen LogP contribution < -0.4 is 4.74 Å². The molecule has 0 aliphatic carbocycles. The Bertz CT molecular complexity index is 772. The predicted molar refractivity (Wildman–Crippen MR) is 89.1 cm³/mol. The first-order valence-electron chi connectivity index (χ1n) is 6.08.